The molecule has 0 fully saturated rings. The van der Waals surface area contributed by atoms with Crippen molar-refractivity contribution in [2.24, 2.45) is 0 Å². The number of ether oxygens (including phenoxy) is 1. The molecular weight excluding hydrogens is 96.0 g/mol. The standard InChI is InChI=1S/C4H9O3/c1-7-3-4(6)2-5/h4-5H,2-3H2,1H3. The lowest BCUT2D eigenvalue weighted by molar-refractivity contribution is -0.0183. The lowest BCUT2D eigenvalue weighted by Crippen LogP contribution is -2.16. The number of aliphatic hydroxyl groups is 1. The van der Waals surface area contributed by atoms with Crippen molar-refractivity contribution in [3.8, 4) is 0 Å². The van der Waals surface area contributed by atoms with Crippen LogP contribution >= 0.6 is 0 Å². The van der Waals surface area contributed by atoms with Crippen molar-refractivity contribution in [1.82, 2.24) is 0 Å². The molecule has 3 nitrogen and oxygen atoms in total. The number of aliphatic hydroxyl groups excluding tert-OH is 1. The number of methoxy groups -OCH3 is 1. The third-order valence-corrected chi connectivity index (χ3v) is 0.556. The summed E-state index contributed by atoms with van der Waals surface area (Å²) < 4.78 is 4.42. The Morgan fingerprint density at radius 2 is 2.43 bits per heavy atom. The zero-order valence-corrected chi connectivity index (χ0v) is 4.26. The molecule has 1 atom stereocenters. The molecule has 0 aromatic rings. The van der Waals surface area contributed by atoms with Crippen LogP contribution in [0, 0.1) is 0 Å². The van der Waals surface area contributed by atoms with E-state index in [1.54, 1.807) is 0 Å². The van der Waals surface area contributed by atoms with Crippen LogP contribution in [-0.2, 0) is 9.84 Å². The van der Waals surface area contributed by atoms with Crippen molar-refractivity contribution in [2.75, 3.05) is 20.3 Å². The first kappa shape index (κ1) is 6.88. The van der Waals surface area contributed by atoms with Gasteiger partial charge >= 0.3 is 0 Å². The quantitative estimate of drug-likeness (QED) is 0.522. The van der Waals surface area contributed by atoms with E-state index >= 15 is 0 Å². The Bertz CT molecular complexity index is 37.9. The second-order valence-electron chi connectivity index (χ2n) is 1.26. The molecule has 0 aliphatic carbocycles. The van der Waals surface area contributed by atoms with Crippen molar-refractivity contribution in [2.45, 2.75) is 6.10 Å². The van der Waals surface area contributed by atoms with Gasteiger partial charge in [0.25, 0.3) is 0 Å². The Labute approximate surface area is 42.5 Å². The van der Waals surface area contributed by atoms with Crippen LogP contribution in [0.1, 0.15) is 0 Å². The van der Waals surface area contributed by atoms with Crippen molar-refractivity contribution in [3.05, 3.63) is 0 Å². The van der Waals surface area contributed by atoms with Crippen molar-refractivity contribution >= 4 is 0 Å². The summed E-state index contributed by atoms with van der Waals surface area (Å²) in [6.07, 6.45) is -0.968. The molecule has 0 spiro atoms. The predicted octanol–water partition coefficient (Wildman–Crippen LogP) is -0.576. The Kier molecular flexibility index (Phi) is 3.98. The SMILES string of the molecule is COCC([O])CO. The second-order valence-corrected chi connectivity index (χ2v) is 1.26. The highest BCUT2D eigenvalue weighted by Gasteiger charge is 1.99. The largest absolute Gasteiger partial charge is 0.393 e. The summed E-state index contributed by atoms with van der Waals surface area (Å²) in [7, 11) is 1.43. The summed E-state index contributed by atoms with van der Waals surface area (Å²) in [6.45, 7) is -0.246. The molecule has 7 heavy (non-hydrogen) atoms. The molecule has 1 unspecified atom stereocenters. The third-order valence-electron chi connectivity index (χ3n) is 0.556. The Morgan fingerprint density at radius 1 is 1.86 bits per heavy atom. The molecule has 0 heterocycles. The molecule has 0 bridgehead atoms. The zero-order valence-electron chi connectivity index (χ0n) is 4.26. The van der Waals surface area contributed by atoms with Gasteiger partial charge in [-0.2, -0.15) is 0 Å². The first-order chi connectivity index (χ1) is 3.31. The fourth-order valence-corrected chi connectivity index (χ4v) is 0.239. The van der Waals surface area contributed by atoms with Gasteiger partial charge in [0.05, 0.1) is 13.2 Å². The molecule has 0 aromatic heterocycles. The van der Waals surface area contributed by atoms with Gasteiger partial charge in [-0.05, 0) is 0 Å². The van der Waals surface area contributed by atoms with Crippen LogP contribution in [0.5, 0.6) is 0 Å². The van der Waals surface area contributed by atoms with Crippen LogP contribution in [0.15, 0.2) is 0 Å². The maximum absolute atomic E-state index is 10.1. The molecule has 0 amide bonds. The number of hydrogen-bond donors (Lipinski definition) is 1. The molecule has 1 radical (unpaired) electrons. The van der Waals surface area contributed by atoms with Gasteiger partial charge in [-0.25, -0.2) is 5.11 Å². The van der Waals surface area contributed by atoms with E-state index in [4.69, 9.17) is 5.11 Å². The Balaban J connectivity index is 2.83. The van der Waals surface area contributed by atoms with E-state index in [0.717, 1.165) is 0 Å². The summed E-state index contributed by atoms with van der Waals surface area (Å²) in [6, 6.07) is 0. The maximum atomic E-state index is 10.1. The first-order valence-electron chi connectivity index (χ1n) is 2.07. The molecule has 0 aliphatic rings. The van der Waals surface area contributed by atoms with Gasteiger partial charge in [0.15, 0.2) is 0 Å². The Morgan fingerprint density at radius 3 is 2.57 bits per heavy atom. The molecular formula is C4H9O3. The predicted molar refractivity (Wildman–Crippen MR) is 23.4 cm³/mol. The van der Waals surface area contributed by atoms with Gasteiger partial charge in [0.1, 0.15) is 6.10 Å². The molecule has 1 N–H and O–H groups in total. The number of hydrogen-bond acceptors (Lipinski definition) is 2. The van der Waals surface area contributed by atoms with Crippen molar-refractivity contribution in [3.63, 3.8) is 0 Å². The Hall–Kier alpha value is -0.120. The lowest BCUT2D eigenvalue weighted by atomic mass is 10.4. The summed E-state index contributed by atoms with van der Waals surface area (Å²) in [5, 5.41) is 18.2. The van der Waals surface area contributed by atoms with Crippen LogP contribution in [0.4, 0.5) is 0 Å². The van der Waals surface area contributed by atoms with E-state index in [1.165, 1.54) is 7.11 Å². The van der Waals surface area contributed by atoms with Gasteiger partial charge in [-0.15, -0.1) is 0 Å². The lowest BCUT2D eigenvalue weighted by Gasteiger charge is -1.99. The first-order valence-corrected chi connectivity index (χ1v) is 2.07. The molecule has 3 heteroatoms. The van der Waals surface area contributed by atoms with Crippen LogP contribution in [0.2, 0.25) is 0 Å². The second kappa shape index (κ2) is 4.05. The van der Waals surface area contributed by atoms with Gasteiger partial charge in [0, 0.05) is 7.11 Å². The van der Waals surface area contributed by atoms with Crippen LogP contribution in [0.3, 0.4) is 0 Å². The monoisotopic (exact) mass is 105 g/mol. The minimum Gasteiger partial charge on any atom is -0.393 e. The average molecular weight is 105 g/mol. The fraction of sp³-hybridized carbons (Fsp3) is 1.00. The van der Waals surface area contributed by atoms with Crippen molar-refractivity contribution < 1.29 is 14.9 Å². The summed E-state index contributed by atoms with van der Waals surface area (Å²) in [5.41, 5.74) is 0. The molecule has 0 saturated heterocycles. The highest BCUT2D eigenvalue weighted by atomic mass is 16.5. The van der Waals surface area contributed by atoms with E-state index in [9.17, 15) is 5.11 Å². The fourth-order valence-electron chi connectivity index (χ4n) is 0.239. The van der Waals surface area contributed by atoms with Gasteiger partial charge in [0.2, 0.25) is 0 Å². The molecule has 43 valence electrons. The topological polar surface area (TPSA) is 49.4 Å². The maximum Gasteiger partial charge on any atom is 0.139 e. The minimum absolute atomic E-state index is 0.0938. The van der Waals surface area contributed by atoms with E-state index in [1.807, 2.05) is 0 Å². The van der Waals surface area contributed by atoms with Gasteiger partial charge in [-0.3, -0.25) is 0 Å². The van der Waals surface area contributed by atoms with Gasteiger partial charge in [-0.1, -0.05) is 0 Å². The minimum atomic E-state index is -0.968. The van der Waals surface area contributed by atoms with Crippen LogP contribution < -0.4 is 0 Å². The van der Waals surface area contributed by atoms with E-state index in [2.05, 4.69) is 4.74 Å². The molecule has 0 rings (SSSR count). The molecule has 0 saturated carbocycles. The van der Waals surface area contributed by atoms with Crippen LogP contribution in [0.25, 0.3) is 0 Å². The van der Waals surface area contributed by atoms with E-state index in [0.29, 0.717) is 0 Å². The highest BCUT2D eigenvalue weighted by molar-refractivity contribution is 4.45. The van der Waals surface area contributed by atoms with Crippen LogP contribution in [-0.4, -0.2) is 31.5 Å². The molecule has 0 aromatic carbocycles. The highest BCUT2D eigenvalue weighted by Crippen LogP contribution is 1.79. The van der Waals surface area contributed by atoms with Crippen molar-refractivity contribution in [1.29, 1.82) is 0 Å². The molecule has 0 aliphatic heterocycles. The third kappa shape index (κ3) is 3.72. The average Bonchev–Trinajstić information content (AvgIpc) is 1.68. The smallest absolute Gasteiger partial charge is 0.139 e. The zero-order chi connectivity index (χ0) is 5.70. The van der Waals surface area contributed by atoms with Gasteiger partial charge < -0.3 is 9.84 Å². The summed E-state index contributed by atoms with van der Waals surface area (Å²) in [5.74, 6) is 0. The van der Waals surface area contributed by atoms with E-state index < -0.39 is 6.10 Å². The van der Waals surface area contributed by atoms with E-state index in [-0.39, 0.29) is 13.2 Å². The number of rotatable bonds is 3. The summed E-state index contributed by atoms with van der Waals surface area (Å²) in [4.78, 5) is 0. The normalized spacial score (nSPS) is 14.1. The summed E-state index contributed by atoms with van der Waals surface area (Å²) >= 11 is 0.